The lowest BCUT2D eigenvalue weighted by molar-refractivity contribution is -0.122. The average Bonchev–Trinajstić information content (AvgIpc) is 2.38. The molecule has 0 spiro atoms. The van der Waals surface area contributed by atoms with E-state index in [9.17, 15) is 4.79 Å². The summed E-state index contributed by atoms with van der Waals surface area (Å²) in [5, 5.41) is 6.13. The van der Waals surface area contributed by atoms with E-state index < -0.39 is 0 Å². The van der Waals surface area contributed by atoms with Gasteiger partial charge in [0.25, 0.3) is 0 Å². The summed E-state index contributed by atoms with van der Waals surface area (Å²) >= 11 is 0. The van der Waals surface area contributed by atoms with Crippen molar-refractivity contribution in [1.29, 1.82) is 0 Å². The van der Waals surface area contributed by atoms with Crippen LogP contribution in [0.4, 0.5) is 0 Å². The van der Waals surface area contributed by atoms with Crippen molar-refractivity contribution in [3.8, 4) is 0 Å². The molecule has 0 aromatic heterocycles. The lowest BCUT2D eigenvalue weighted by Crippen LogP contribution is -2.31. The largest absolute Gasteiger partial charge is 0.380 e. The first-order chi connectivity index (χ1) is 9.18. The highest BCUT2D eigenvalue weighted by Crippen LogP contribution is 1.96. The number of carbonyl (C=O) groups is 1. The maximum absolute atomic E-state index is 11.3. The van der Waals surface area contributed by atoms with Crippen LogP contribution in [0.1, 0.15) is 25.8 Å². The summed E-state index contributed by atoms with van der Waals surface area (Å²) < 4.78 is 5.40. The number of rotatable bonds is 9. The summed E-state index contributed by atoms with van der Waals surface area (Å²) in [6, 6.07) is 10.4. The van der Waals surface area contributed by atoms with Crippen molar-refractivity contribution in [3.05, 3.63) is 35.9 Å². The second-order valence-electron chi connectivity index (χ2n) is 4.75. The van der Waals surface area contributed by atoms with Crippen LogP contribution in [0.3, 0.4) is 0 Å². The molecule has 1 aromatic carbocycles. The topological polar surface area (TPSA) is 50.4 Å². The van der Waals surface area contributed by atoms with Crippen LogP contribution in [-0.4, -0.2) is 31.7 Å². The predicted octanol–water partition coefficient (Wildman–Crippen LogP) is 1.71. The Kier molecular flexibility index (Phi) is 7.86. The number of carbonyl (C=O) groups excluding carboxylic acids is 1. The highest BCUT2D eigenvalue weighted by Gasteiger charge is 2.02. The van der Waals surface area contributed by atoms with E-state index >= 15 is 0 Å². The van der Waals surface area contributed by atoms with E-state index in [2.05, 4.69) is 22.8 Å². The SMILES string of the molecule is CC(C)NC(=O)CCOCCNCc1ccccc1. The van der Waals surface area contributed by atoms with Crippen LogP contribution >= 0.6 is 0 Å². The van der Waals surface area contributed by atoms with Crippen LogP contribution in [0.2, 0.25) is 0 Å². The number of nitrogens with one attached hydrogen (secondary N) is 2. The maximum Gasteiger partial charge on any atom is 0.222 e. The zero-order valence-electron chi connectivity index (χ0n) is 11.8. The molecule has 4 nitrogen and oxygen atoms in total. The predicted molar refractivity (Wildman–Crippen MR) is 76.9 cm³/mol. The molecule has 2 N–H and O–H groups in total. The summed E-state index contributed by atoms with van der Waals surface area (Å²) in [6.45, 7) is 6.64. The van der Waals surface area contributed by atoms with E-state index in [4.69, 9.17) is 4.74 Å². The Labute approximate surface area is 115 Å². The lowest BCUT2D eigenvalue weighted by Gasteiger charge is -2.09. The Balaban J connectivity index is 1.93. The van der Waals surface area contributed by atoms with Gasteiger partial charge in [-0.15, -0.1) is 0 Å². The Morgan fingerprint density at radius 3 is 2.63 bits per heavy atom. The number of ether oxygens (including phenoxy) is 1. The van der Waals surface area contributed by atoms with Crippen LogP contribution < -0.4 is 10.6 Å². The van der Waals surface area contributed by atoms with Gasteiger partial charge in [0.15, 0.2) is 0 Å². The summed E-state index contributed by atoms with van der Waals surface area (Å²) in [7, 11) is 0. The van der Waals surface area contributed by atoms with Crippen LogP contribution in [0.25, 0.3) is 0 Å². The van der Waals surface area contributed by atoms with Crippen molar-refractivity contribution < 1.29 is 9.53 Å². The van der Waals surface area contributed by atoms with E-state index in [0.29, 0.717) is 19.6 Å². The van der Waals surface area contributed by atoms with Crippen LogP contribution in [0, 0.1) is 0 Å². The van der Waals surface area contributed by atoms with E-state index in [1.165, 1.54) is 5.56 Å². The number of benzene rings is 1. The molecule has 0 saturated carbocycles. The van der Waals surface area contributed by atoms with Gasteiger partial charge >= 0.3 is 0 Å². The first-order valence-electron chi connectivity index (χ1n) is 6.80. The van der Waals surface area contributed by atoms with Gasteiger partial charge < -0.3 is 15.4 Å². The molecule has 0 fully saturated rings. The highest BCUT2D eigenvalue weighted by molar-refractivity contribution is 5.76. The Hall–Kier alpha value is -1.39. The van der Waals surface area contributed by atoms with Gasteiger partial charge in [-0.2, -0.15) is 0 Å². The smallest absolute Gasteiger partial charge is 0.222 e. The van der Waals surface area contributed by atoms with Crippen molar-refractivity contribution in [2.75, 3.05) is 19.8 Å². The molecule has 0 aliphatic carbocycles. The van der Waals surface area contributed by atoms with Crippen LogP contribution in [-0.2, 0) is 16.1 Å². The minimum absolute atomic E-state index is 0.0484. The maximum atomic E-state index is 11.3. The number of hydrogen-bond donors (Lipinski definition) is 2. The average molecular weight is 264 g/mol. The van der Waals surface area contributed by atoms with Crippen LogP contribution in [0.5, 0.6) is 0 Å². The summed E-state index contributed by atoms with van der Waals surface area (Å²) in [5.74, 6) is 0.0484. The Bertz CT molecular complexity index is 352. The second-order valence-corrected chi connectivity index (χ2v) is 4.75. The Morgan fingerprint density at radius 1 is 1.21 bits per heavy atom. The minimum Gasteiger partial charge on any atom is -0.380 e. The summed E-state index contributed by atoms with van der Waals surface area (Å²) in [4.78, 5) is 11.3. The molecule has 0 bridgehead atoms. The van der Waals surface area contributed by atoms with Crippen molar-refractivity contribution in [3.63, 3.8) is 0 Å². The van der Waals surface area contributed by atoms with Gasteiger partial charge in [0.05, 0.1) is 13.2 Å². The minimum atomic E-state index is 0.0484. The second kappa shape index (κ2) is 9.53. The summed E-state index contributed by atoms with van der Waals surface area (Å²) in [6.07, 6.45) is 0.427. The third-order valence-electron chi connectivity index (χ3n) is 2.52. The van der Waals surface area contributed by atoms with E-state index in [1.807, 2.05) is 32.0 Å². The molecule has 1 rings (SSSR count). The molecule has 106 valence electrons. The molecule has 1 aromatic rings. The van der Waals surface area contributed by atoms with Crippen molar-refractivity contribution in [2.24, 2.45) is 0 Å². The van der Waals surface area contributed by atoms with Gasteiger partial charge in [0.1, 0.15) is 0 Å². The van der Waals surface area contributed by atoms with Gasteiger partial charge in [0.2, 0.25) is 5.91 Å². The quantitative estimate of drug-likeness (QED) is 0.668. The third-order valence-corrected chi connectivity index (χ3v) is 2.52. The first kappa shape index (κ1) is 15.7. The van der Waals surface area contributed by atoms with Gasteiger partial charge in [-0.3, -0.25) is 4.79 Å². The lowest BCUT2D eigenvalue weighted by atomic mass is 10.2. The van der Waals surface area contributed by atoms with Gasteiger partial charge in [-0.25, -0.2) is 0 Å². The zero-order valence-corrected chi connectivity index (χ0v) is 11.8. The van der Waals surface area contributed by atoms with E-state index in [-0.39, 0.29) is 11.9 Å². The number of hydrogen-bond acceptors (Lipinski definition) is 3. The molecule has 19 heavy (non-hydrogen) atoms. The molecule has 1 amide bonds. The molecule has 4 heteroatoms. The van der Waals surface area contributed by atoms with Crippen molar-refractivity contribution >= 4 is 5.91 Å². The highest BCUT2D eigenvalue weighted by atomic mass is 16.5. The van der Waals surface area contributed by atoms with E-state index in [1.54, 1.807) is 0 Å². The van der Waals surface area contributed by atoms with Gasteiger partial charge in [-0.1, -0.05) is 30.3 Å². The molecular formula is C15H24N2O2. The molecule has 0 aliphatic rings. The molecule has 0 aliphatic heterocycles. The molecule has 0 saturated heterocycles. The fourth-order valence-electron chi connectivity index (χ4n) is 1.63. The molecular weight excluding hydrogens is 240 g/mol. The Morgan fingerprint density at radius 2 is 1.95 bits per heavy atom. The molecule has 0 unspecified atom stereocenters. The van der Waals surface area contributed by atoms with Crippen molar-refractivity contribution in [2.45, 2.75) is 32.9 Å². The normalized spacial score (nSPS) is 10.7. The third kappa shape index (κ3) is 8.35. The fourth-order valence-corrected chi connectivity index (χ4v) is 1.63. The first-order valence-corrected chi connectivity index (χ1v) is 6.80. The molecule has 0 atom stereocenters. The van der Waals surface area contributed by atoms with Crippen LogP contribution in [0.15, 0.2) is 30.3 Å². The fraction of sp³-hybridized carbons (Fsp3) is 0.533. The van der Waals surface area contributed by atoms with Gasteiger partial charge in [-0.05, 0) is 19.4 Å². The van der Waals surface area contributed by atoms with Crippen molar-refractivity contribution in [1.82, 2.24) is 10.6 Å². The summed E-state index contributed by atoms with van der Waals surface area (Å²) in [5.41, 5.74) is 1.26. The zero-order chi connectivity index (χ0) is 13.9. The monoisotopic (exact) mass is 264 g/mol. The van der Waals surface area contributed by atoms with Gasteiger partial charge in [0, 0.05) is 25.6 Å². The van der Waals surface area contributed by atoms with E-state index in [0.717, 1.165) is 13.1 Å². The molecule has 0 heterocycles. The molecule has 0 radical (unpaired) electrons. The standard InChI is InChI=1S/C15H24N2O2/c1-13(2)17-15(18)8-10-19-11-9-16-12-14-6-4-3-5-7-14/h3-7,13,16H,8-12H2,1-2H3,(H,17,18). The number of amides is 1.